The van der Waals surface area contributed by atoms with Crippen molar-refractivity contribution in [2.24, 2.45) is 0 Å². The Morgan fingerprint density at radius 2 is 2.00 bits per heavy atom. The van der Waals surface area contributed by atoms with E-state index in [0.29, 0.717) is 34.8 Å². The second-order valence-electron chi connectivity index (χ2n) is 6.11. The number of carbonyl (C=O) groups excluding carboxylic acids is 1. The highest BCUT2D eigenvalue weighted by Gasteiger charge is 2.19. The minimum atomic E-state index is -3.69. The van der Waals surface area contributed by atoms with E-state index in [0.717, 1.165) is 0 Å². The number of nitrogens with zero attached hydrogens (tertiary/aromatic N) is 1. The van der Waals surface area contributed by atoms with Crippen molar-refractivity contribution in [1.29, 1.82) is 0 Å². The van der Waals surface area contributed by atoms with Crippen LogP contribution in [0.2, 0.25) is 0 Å². The van der Waals surface area contributed by atoms with Crippen LogP contribution in [-0.2, 0) is 14.8 Å². The Morgan fingerprint density at radius 3 is 2.69 bits per heavy atom. The number of sulfonamides is 1. The SMILES string of the molecule is CNC(=O)Oc1nc(OC)cc2c1[nH]c1ccc(S(=O)(=O)NCCCOC)cc12. The van der Waals surface area contributed by atoms with Gasteiger partial charge in [0.2, 0.25) is 15.9 Å². The average molecular weight is 422 g/mol. The largest absolute Gasteiger partial charge is 0.481 e. The van der Waals surface area contributed by atoms with Gasteiger partial charge in [-0.05, 0) is 24.6 Å². The molecule has 2 heterocycles. The summed E-state index contributed by atoms with van der Waals surface area (Å²) in [5.74, 6) is 0.250. The molecule has 1 amide bonds. The van der Waals surface area contributed by atoms with Crippen LogP contribution in [0, 0.1) is 0 Å². The lowest BCUT2D eigenvalue weighted by atomic mass is 10.2. The lowest BCUT2D eigenvalue weighted by molar-refractivity contribution is 0.196. The van der Waals surface area contributed by atoms with Gasteiger partial charge in [-0.2, -0.15) is 4.98 Å². The predicted octanol–water partition coefficient (Wildman–Crippen LogP) is 1.76. The first-order chi connectivity index (χ1) is 13.9. The molecule has 0 bridgehead atoms. The number of methoxy groups -OCH3 is 2. The molecule has 0 fully saturated rings. The number of pyridine rings is 1. The molecule has 0 radical (unpaired) electrons. The normalized spacial score (nSPS) is 11.7. The van der Waals surface area contributed by atoms with Gasteiger partial charge in [-0.1, -0.05) is 0 Å². The Kier molecular flexibility index (Phi) is 6.20. The van der Waals surface area contributed by atoms with Crippen LogP contribution in [0.5, 0.6) is 11.8 Å². The van der Waals surface area contributed by atoms with Crippen LogP contribution in [0.25, 0.3) is 21.8 Å². The van der Waals surface area contributed by atoms with E-state index in [-0.39, 0.29) is 23.2 Å². The molecule has 3 rings (SSSR count). The predicted molar refractivity (Wildman–Crippen MR) is 107 cm³/mol. The molecule has 0 unspecified atom stereocenters. The summed E-state index contributed by atoms with van der Waals surface area (Å²) < 4.78 is 43.1. The Balaban J connectivity index is 2.07. The van der Waals surface area contributed by atoms with Crippen molar-refractivity contribution in [3.8, 4) is 11.8 Å². The number of rotatable bonds is 8. The van der Waals surface area contributed by atoms with Crippen LogP contribution in [0.1, 0.15) is 6.42 Å². The van der Waals surface area contributed by atoms with Crippen LogP contribution in [0.15, 0.2) is 29.2 Å². The van der Waals surface area contributed by atoms with Gasteiger partial charge in [0.25, 0.3) is 5.88 Å². The van der Waals surface area contributed by atoms with Gasteiger partial charge in [0.05, 0.1) is 12.0 Å². The van der Waals surface area contributed by atoms with E-state index in [1.54, 1.807) is 25.3 Å². The summed E-state index contributed by atoms with van der Waals surface area (Å²) in [6.07, 6.45) is -0.122. The topological polar surface area (TPSA) is 132 Å². The molecule has 156 valence electrons. The quantitative estimate of drug-likeness (QED) is 0.471. The molecular formula is C18H22N4O6S. The molecule has 11 heteroatoms. The number of fused-ring (bicyclic) bond motifs is 3. The number of aromatic amines is 1. The molecule has 29 heavy (non-hydrogen) atoms. The van der Waals surface area contributed by atoms with E-state index in [1.165, 1.54) is 20.2 Å². The number of H-pyrrole nitrogens is 1. The first-order valence-electron chi connectivity index (χ1n) is 8.78. The number of hydrogen-bond acceptors (Lipinski definition) is 7. The number of amides is 1. The molecule has 0 atom stereocenters. The van der Waals surface area contributed by atoms with E-state index in [9.17, 15) is 13.2 Å². The molecule has 10 nitrogen and oxygen atoms in total. The maximum Gasteiger partial charge on any atom is 0.413 e. The van der Waals surface area contributed by atoms with Gasteiger partial charge in [0.1, 0.15) is 5.52 Å². The summed E-state index contributed by atoms with van der Waals surface area (Å²) in [5.41, 5.74) is 1.11. The molecule has 3 N–H and O–H groups in total. The second kappa shape index (κ2) is 8.64. The van der Waals surface area contributed by atoms with Crippen molar-refractivity contribution in [3.63, 3.8) is 0 Å². The average Bonchev–Trinajstić information content (AvgIpc) is 3.09. The van der Waals surface area contributed by atoms with E-state index < -0.39 is 16.1 Å². The van der Waals surface area contributed by atoms with Crippen molar-refractivity contribution in [1.82, 2.24) is 20.0 Å². The summed E-state index contributed by atoms with van der Waals surface area (Å²) >= 11 is 0. The van der Waals surface area contributed by atoms with E-state index in [4.69, 9.17) is 14.2 Å². The first kappa shape index (κ1) is 20.8. The summed E-state index contributed by atoms with van der Waals surface area (Å²) in [7, 11) is 0.740. The highest BCUT2D eigenvalue weighted by Crippen LogP contribution is 2.34. The summed E-state index contributed by atoms with van der Waals surface area (Å²) in [6.45, 7) is 0.731. The minimum Gasteiger partial charge on any atom is -0.481 e. The van der Waals surface area contributed by atoms with Crippen LogP contribution in [0.3, 0.4) is 0 Å². The lowest BCUT2D eigenvalue weighted by Gasteiger charge is -2.07. The Hall–Kier alpha value is -2.89. The van der Waals surface area contributed by atoms with Crippen molar-refractivity contribution >= 4 is 37.9 Å². The zero-order valence-corrected chi connectivity index (χ0v) is 17.1. The van der Waals surface area contributed by atoms with E-state index in [2.05, 4.69) is 20.0 Å². The fraction of sp³-hybridized carbons (Fsp3) is 0.333. The first-order valence-corrected chi connectivity index (χ1v) is 10.3. The third-order valence-corrected chi connectivity index (χ3v) is 5.69. The van der Waals surface area contributed by atoms with Crippen LogP contribution in [0.4, 0.5) is 4.79 Å². The molecular weight excluding hydrogens is 400 g/mol. The Bertz CT molecular complexity index is 1140. The van der Waals surface area contributed by atoms with Gasteiger partial charge >= 0.3 is 6.09 Å². The Labute approximate surface area is 167 Å². The van der Waals surface area contributed by atoms with Gasteiger partial charge in [0.15, 0.2) is 0 Å². The van der Waals surface area contributed by atoms with Gasteiger partial charge in [-0.3, -0.25) is 0 Å². The molecule has 0 aliphatic rings. The maximum absolute atomic E-state index is 12.6. The van der Waals surface area contributed by atoms with Crippen LogP contribution in [-0.4, -0.2) is 58.9 Å². The smallest absolute Gasteiger partial charge is 0.413 e. The zero-order valence-electron chi connectivity index (χ0n) is 16.2. The molecule has 2 aromatic heterocycles. The number of aromatic nitrogens is 2. The van der Waals surface area contributed by atoms with Crippen LogP contribution >= 0.6 is 0 Å². The molecule has 0 aliphatic carbocycles. The van der Waals surface area contributed by atoms with Gasteiger partial charge in [0, 0.05) is 49.7 Å². The highest BCUT2D eigenvalue weighted by molar-refractivity contribution is 7.89. The second-order valence-corrected chi connectivity index (χ2v) is 7.88. The van der Waals surface area contributed by atoms with E-state index in [1.807, 2.05) is 0 Å². The van der Waals surface area contributed by atoms with Crippen molar-refractivity contribution in [2.75, 3.05) is 34.4 Å². The number of ether oxygens (including phenoxy) is 3. The number of benzene rings is 1. The zero-order chi connectivity index (χ0) is 21.0. The Morgan fingerprint density at radius 1 is 1.21 bits per heavy atom. The molecule has 1 aromatic carbocycles. The third-order valence-electron chi connectivity index (χ3n) is 4.23. The molecule has 0 aliphatic heterocycles. The monoisotopic (exact) mass is 422 g/mol. The number of nitrogens with one attached hydrogen (secondary N) is 3. The van der Waals surface area contributed by atoms with Crippen LogP contribution < -0.4 is 19.5 Å². The molecule has 0 saturated heterocycles. The van der Waals surface area contributed by atoms with Crippen molar-refractivity contribution < 1.29 is 27.4 Å². The third kappa shape index (κ3) is 4.42. The van der Waals surface area contributed by atoms with Gasteiger partial charge in [-0.15, -0.1) is 0 Å². The van der Waals surface area contributed by atoms with Crippen molar-refractivity contribution in [3.05, 3.63) is 24.3 Å². The molecule has 3 aromatic rings. The minimum absolute atomic E-state index is 0.0250. The molecule has 0 saturated carbocycles. The lowest BCUT2D eigenvalue weighted by Crippen LogP contribution is -2.25. The fourth-order valence-corrected chi connectivity index (χ4v) is 3.91. The summed E-state index contributed by atoms with van der Waals surface area (Å²) in [4.78, 5) is 19.0. The van der Waals surface area contributed by atoms with Gasteiger partial charge < -0.3 is 24.5 Å². The van der Waals surface area contributed by atoms with Crippen molar-refractivity contribution in [2.45, 2.75) is 11.3 Å². The highest BCUT2D eigenvalue weighted by atomic mass is 32.2. The summed E-state index contributed by atoms with van der Waals surface area (Å²) in [5, 5.41) is 3.59. The maximum atomic E-state index is 12.6. The standard InChI is InChI=1S/C18H22N4O6S/c1-19-18(23)28-17-16-13(10-15(22-17)27-3)12-9-11(5-6-14(12)21-16)29(24,25)20-7-4-8-26-2/h5-6,9-10,20-21H,4,7-8H2,1-3H3,(H,19,23). The number of carbonyl (C=O) groups is 1. The molecule has 0 spiro atoms. The fourth-order valence-electron chi connectivity index (χ4n) is 2.81. The summed E-state index contributed by atoms with van der Waals surface area (Å²) in [6, 6.07) is 6.35. The number of hydrogen-bond donors (Lipinski definition) is 3. The van der Waals surface area contributed by atoms with Gasteiger partial charge in [-0.25, -0.2) is 17.9 Å². The van der Waals surface area contributed by atoms with E-state index >= 15 is 0 Å².